The van der Waals surface area contributed by atoms with Crippen LogP contribution in [0.5, 0.6) is 0 Å². The lowest BCUT2D eigenvalue weighted by molar-refractivity contribution is -0.0245. The fourth-order valence-electron chi connectivity index (χ4n) is 2.01. The van der Waals surface area contributed by atoms with Gasteiger partial charge in [-0.25, -0.2) is 13.7 Å². The van der Waals surface area contributed by atoms with Crippen molar-refractivity contribution in [2.75, 3.05) is 18.9 Å². The second kappa shape index (κ2) is 9.85. The van der Waals surface area contributed by atoms with Gasteiger partial charge in [-0.2, -0.15) is 4.98 Å². The van der Waals surface area contributed by atoms with Gasteiger partial charge in [0.2, 0.25) is 0 Å². The molecule has 4 atom stereocenters. The Hall–Kier alpha value is -1.18. The maximum atomic E-state index is 11.5. The zero-order valence-corrected chi connectivity index (χ0v) is 15.7. The van der Waals surface area contributed by atoms with Crippen LogP contribution in [0.2, 0.25) is 0 Å². The highest BCUT2D eigenvalue weighted by Gasteiger charge is 2.37. The molecule has 0 radical (unpaired) electrons. The number of rotatable bonds is 6. The number of aromatic nitrogens is 2. The van der Waals surface area contributed by atoms with Crippen LogP contribution in [0, 0.1) is 0 Å². The predicted molar refractivity (Wildman–Crippen MR) is 91.2 cm³/mol. The highest BCUT2D eigenvalue weighted by Crippen LogP contribution is 2.58. The van der Waals surface area contributed by atoms with E-state index >= 15 is 0 Å². The number of hydrogen-bond acceptors (Lipinski definition) is 10. The number of anilines is 1. The molecule has 1 saturated heterocycles. The van der Waals surface area contributed by atoms with E-state index in [1.807, 2.05) is 0 Å². The average Bonchev–Trinajstić information content (AvgIpc) is 3.01. The molecule has 0 spiro atoms. The number of phosphoric acid groups is 1. The van der Waals surface area contributed by atoms with E-state index in [2.05, 4.69) is 9.29 Å². The van der Waals surface area contributed by atoms with Crippen LogP contribution in [0.1, 0.15) is 19.1 Å². The molecular weight excluding hydrogens is 410 g/mol. The first-order valence-corrected chi connectivity index (χ1v) is 10.7. The number of nitrogens with two attached hydrogens (primary N) is 2. The maximum absolute atomic E-state index is 11.5. The molecule has 0 aromatic carbocycles. The van der Waals surface area contributed by atoms with Crippen LogP contribution in [0.4, 0.5) is 5.82 Å². The Bertz CT molecular complexity index is 768. The Balaban J connectivity index is 0.000000279. The molecule has 0 bridgehead atoms. The fourth-order valence-corrected chi connectivity index (χ4v) is 3.93. The first kappa shape index (κ1) is 23.9. The van der Waals surface area contributed by atoms with Crippen molar-refractivity contribution in [2.24, 2.45) is 5.73 Å². The minimum absolute atomic E-state index is 0.0202. The standard InChI is InChI=1S/C9H13N3O3.C2H9NO7P2/c10-7-3-4-12(9(14)11-7)8-2-1-6(5-13)15-8;3-1-2(4)11(5,6)10-12(7,8)9/h3-4,6,8,13H,1-2,5H2,(H2,10,11,14);2,4H,1,3H2,(H,5,6)(H2,7,8,9). The molecular formula is C11H22N4O10P2. The van der Waals surface area contributed by atoms with E-state index in [1.165, 1.54) is 4.57 Å². The molecule has 0 aliphatic carbocycles. The number of ether oxygens (including phenoxy) is 1. The normalized spacial score (nSPS) is 23.2. The summed E-state index contributed by atoms with van der Waals surface area (Å²) in [5.74, 6) is -1.79. The van der Waals surface area contributed by atoms with Crippen LogP contribution < -0.4 is 17.2 Å². The zero-order chi connectivity index (χ0) is 20.8. The van der Waals surface area contributed by atoms with Gasteiger partial charge in [-0.3, -0.25) is 9.13 Å². The van der Waals surface area contributed by atoms with Crippen LogP contribution in [0.25, 0.3) is 0 Å². The van der Waals surface area contributed by atoms with Crippen molar-refractivity contribution in [3.63, 3.8) is 0 Å². The van der Waals surface area contributed by atoms with E-state index in [4.69, 9.17) is 41.1 Å². The van der Waals surface area contributed by atoms with Gasteiger partial charge in [0.1, 0.15) is 12.0 Å². The molecule has 0 amide bonds. The minimum Gasteiger partial charge on any atom is -0.394 e. The minimum atomic E-state index is -5.08. The summed E-state index contributed by atoms with van der Waals surface area (Å²) in [5, 5.41) is 17.5. The average molecular weight is 432 g/mol. The Kier molecular flexibility index (Phi) is 8.70. The molecule has 1 fully saturated rings. The second-order valence-electron chi connectivity index (χ2n) is 5.37. The van der Waals surface area contributed by atoms with Crippen LogP contribution in [0.3, 0.4) is 0 Å². The summed E-state index contributed by atoms with van der Waals surface area (Å²) < 4.78 is 31.0. The van der Waals surface area contributed by atoms with Gasteiger partial charge in [-0.1, -0.05) is 0 Å². The van der Waals surface area contributed by atoms with Crippen molar-refractivity contribution in [1.82, 2.24) is 9.55 Å². The van der Waals surface area contributed by atoms with Crippen molar-refractivity contribution in [3.05, 3.63) is 22.7 Å². The Labute approximate surface area is 153 Å². The van der Waals surface area contributed by atoms with E-state index in [0.29, 0.717) is 6.42 Å². The fraction of sp³-hybridized carbons (Fsp3) is 0.636. The number of nitrogens with zero attached hydrogens (tertiary/aromatic N) is 2. The highest BCUT2D eigenvalue weighted by molar-refractivity contribution is 7.63. The predicted octanol–water partition coefficient (Wildman–Crippen LogP) is -1.95. The molecule has 4 unspecified atom stereocenters. The summed E-state index contributed by atoms with van der Waals surface area (Å²) in [6.45, 7) is -0.651. The van der Waals surface area contributed by atoms with E-state index in [-0.39, 0.29) is 24.8 Å². The Morgan fingerprint density at radius 3 is 2.44 bits per heavy atom. The Morgan fingerprint density at radius 2 is 2.00 bits per heavy atom. The summed E-state index contributed by atoms with van der Waals surface area (Å²) in [6.07, 6.45) is 2.51. The third kappa shape index (κ3) is 7.76. The molecule has 156 valence electrons. The van der Waals surface area contributed by atoms with Crippen molar-refractivity contribution in [1.29, 1.82) is 0 Å². The van der Waals surface area contributed by atoms with Gasteiger partial charge in [-0.05, 0) is 18.9 Å². The van der Waals surface area contributed by atoms with Crippen molar-refractivity contribution >= 4 is 21.2 Å². The zero-order valence-electron chi connectivity index (χ0n) is 13.9. The molecule has 0 saturated carbocycles. The lowest BCUT2D eigenvalue weighted by Gasteiger charge is -2.16. The SMILES string of the molecule is NCC(O)P(=O)(O)OP(=O)(O)O.Nc1ccn(C2CCC(CO)O2)c(=O)n1. The first-order chi connectivity index (χ1) is 12.4. The molecule has 1 aromatic rings. The van der Waals surface area contributed by atoms with Crippen LogP contribution in [0.15, 0.2) is 17.1 Å². The van der Waals surface area contributed by atoms with E-state index in [0.717, 1.165) is 6.42 Å². The van der Waals surface area contributed by atoms with Crippen LogP contribution in [-0.4, -0.2) is 59.5 Å². The topological polar surface area (TPSA) is 241 Å². The van der Waals surface area contributed by atoms with Gasteiger partial charge < -0.3 is 41.1 Å². The van der Waals surface area contributed by atoms with Crippen LogP contribution >= 0.6 is 15.4 Å². The molecule has 16 heteroatoms. The lowest BCUT2D eigenvalue weighted by atomic mass is 10.2. The lowest BCUT2D eigenvalue weighted by Crippen LogP contribution is -2.27. The monoisotopic (exact) mass is 432 g/mol. The maximum Gasteiger partial charge on any atom is 0.476 e. The summed E-state index contributed by atoms with van der Waals surface area (Å²) in [6, 6.07) is 1.55. The van der Waals surface area contributed by atoms with Gasteiger partial charge in [0, 0.05) is 12.7 Å². The van der Waals surface area contributed by atoms with Crippen LogP contribution in [-0.2, 0) is 18.2 Å². The number of aliphatic hydroxyl groups excluding tert-OH is 2. The highest BCUT2D eigenvalue weighted by atomic mass is 31.3. The molecule has 14 nitrogen and oxygen atoms in total. The second-order valence-corrected chi connectivity index (χ2v) is 8.73. The molecule has 27 heavy (non-hydrogen) atoms. The molecule has 9 N–H and O–H groups in total. The Morgan fingerprint density at radius 1 is 1.37 bits per heavy atom. The third-order valence-corrected chi connectivity index (χ3v) is 6.01. The van der Waals surface area contributed by atoms with E-state index in [9.17, 15) is 13.9 Å². The van der Waals surface area contributed by atoms with Gasteiger partial charge in [0.05, 0.1) is 12.7 Å². The largest absolute Gasteiger partial charge is 0.476 e. The molecule has 1 aromatic heterocycles. The summed E-state index contributed by atoms with van der Waals surface area (Å²) in [7, 11) is -9.82. The first-order valence-electron chi connectivity index (χ1n) is 7.48. The van der Waals surface area contributed by atoms with Gasteiger partial charge in [0.15, 0.2) is 5.85 Å². The number of nitrogen functional groups attached to an aromatic ring is 1. The van der Waals surface area contributed by atoms with Gasteiger partial charge in [0.25, 0.3) is 0 Å². The third-order valence-electron chi connectivity index (χ3n) is 3.26. The summed E-state index contributed by atoms with van der Waals surface area (Å²) in [4.78, 5) is 39.9. The van der Waals surface area contributed by atoms with Gasteiger partial charge >= 0.3 is 21.1 Å². The molecule has 1 aliphatic rings. The van der Waals surface area contributed by atoms with Crippen molar-refractivity contribution < 1.29 is 43.1 Å². The number of hydrogen-bond donors (Lipinski definition) is 7. The molecule has 2 rings (SSSR count). The smallest absolute Gasteiger partial charge is 0.394 e. The van der Waals surface area contributed by atoms with Crippen molar-refractivity contribution in [2.45, 2.75) is 31.0 Å². The molecule has 1 aliphatic heterocycles. The van der Waals surface area contributed by atoms with Crippen molar-refractivity contribution in [3.8, 4) is 0 Å². The van der Waals surface area contributed by atoms with E-state index in [1.54, 1.807) is 12.3 Å². The quantitative estimate of drug-likeness (QED) is 0.242. The summed E-state index contributed by atoms with van der Waals surface area (Å²) in [5.41, 5.74) is 9.72. The van der Waals surface area contributed by atoms with Gasteiger partial charge in [-0.15, -0.1) is 0 Å². The number of aliphatic hydroxyl groups is 2. The summed E-state index contributed by atoms with van der Waals surface area (Å²) >= 11 is 0. The molecule has 2 heterocycles. The van der Waals surface area contributed by atoms with E-state index < -0.39 is 33.5 Å².